The molecule has 0 aliphatic rings. The summed E-state index contributed by atoms with van der Waals surface area (Å²) in [5.74, 6) is -0.148. The van der Waals surface area contributed by atoms with E-state index in [1.165, 1.54) is 89.7 Å². The van der Waals surface area contributed by atoms with Crippen LogP contribution >= 0.6 is 23.2 Å². The molecule has 0 unspecified atom stereocenters. The zero-order valence-electron chi connectivity index (χ0n) is 16.9. The van der Waals surface area contributed by atoms with Gasteiger partial charge in [0, 0.05) is 6.42 Å². The van der Waals surface area contributed by atoms with Crippen molar-refractivity contribution in [2.24, 2.45) is 0 Å². The molecular formula is C22H40Cl2O2. The minimum Gasteiger partial charge on any atom is -0.435 e. The van der Waals surface area contributed by atoms with E-state index >= 15 is 0 Å². The summed E-state index contributed by atoms with van der Waals surface area (Å²) in [7, 11) is 0. The molecule has 26 heavy (non-hydrogen) atoms. The highest BCUT2D eigenvalue weighted by Gasteiger charge is 2.00. The van der Waals surface area contributed by atoms with Gasteiger partial charge in [0.05, 0.1) is 10.8 Å². The fourth-order valence-electron chi connectivity index (χ4n) is 2.79. The van der Waals surface area contributed by atoms with Gasteiger partial charge < -0.3 is 4.74 Å². The zero-order valence-corrected chi connectivity index (χ0v) is 18.4. The Morgan fingerprint density at radius 1 is 0.769 bits per heavy atom. The third-order valence-electron chi connectivity index (χ3n) is 4.20. The number of ether oxygens (including phenoxy) is 1. The maximum Gasteiger partial charge on any atom is 0.310 e. The molecule has 0 bridgehead atoms. The second kappa shape index (κ2) is 24.5. The third kappa shape index (κ3) is 31.3. The third-order valence-corrected chi connectivity index (χ3v) is 4.20. The lowest BCUT2D eigenvalue weighted by atomic mass is 10.0. The van der Waals surface area contributed by atoms with Gasteiger partial charge in [-0.2, -0.15) is 0 Å². The van der Waals surface area contributed by atoms with Crippen molar-refractivity contribution in [2.75, 3.05) is 0 Å². The average Bonchev–Trinajstić information content (AvgIpc) is 2.58. The largest absolute Gasteiger partial charge is 0.435 e. The Morgan fingerprint density at radius 3 is 1.38 bits per heavy atom. The molecule has 0 aromatic carbocycles. The summed E-state index contributed by atoms with van der Waals surface area (Å²) in [4.78, 5) is 11.1. The molecule has 0 saturated heterocycles. The van der Waals surface area contributed by atoms with Gasteiger partial charge in [-0.05, 0) is 6.42 Å². The van der Waals surface area contributed by atoms with Crippen molar-refractivity contribution in [1.82, 2.24) is 0 Å². The van der Waals surface area contributed by atoms with Gasteiger partial charge in [-0.15, -0.1) is 0 Å². The van der Waals surface area contributed by atoms with Gasteiger partial charge in [-0.3, -0.25) is 4.79 Å². The van der Waals surface area contributed by atoms with Crippen LogP contribution in [-0.2, 0) is 9.53 Å². The highest BCUT2D eigenvalue weighted by atomic mass is 35.5. The van der Waals surface area contributed by atoms with E-state index in [4.69, 9.17) is 23.2 Å². The Kier molecular flexibility index (Phi) is 26.2. The number of unbranched alkanes of at least 4 members (excludes halogenated alkanes) is 14. The van der Waals surface area contributed by atoms with Crippen LogP contribution in [0.1, 0.15) is 110 Å². The number of carbonyl (C=O) groups is 1. The minimum absolute atomic E-state index is 0.111. The molecule has 0 radical (unpaired) electrons. The number of rotatable bonds is 17. The van der Waals surface area contributed by atoms with Crippen LogP contribution in [0.25, 0.3) is 0 Å². The Labute approximate surface area is 172 Å². The Bertz CT molecular complexity index is 326. The zero-order chi connectivity index (χ0) is 19.9. The Morgan fingerprint density at radius 2 is 1.08 bits per heavy atom. The van der Waals surface area contributed by atoms with Crippen molar-refractivity contribution in [2.45, 2.75) is 110 Å². The van der Waals surface area contributed by atoms with Gasteiger partial charge in [0.2, 0.25) is 0 Å². The topological polar surface area (TPSA) is 26.3 Å². The second-order valence-corrected chi connectivity index (χ2v) is 7.80. The number of halogens is 2. The van der Waals surface area contributed by atoms with Gasteiger partial charge >= 0.3 is 5.97 Å². The van der Waals surface area contributed by atoms with Crippen LogP contribution in [0.5, 0.6) is 0 Å². The molecule has 0 aliphatic carbocycles. The molecule has 0 fully saturated rings. The SMILES string of the molecule is C=C(Cl)Cl.C=COC(=O)CCCCCCCCCCCCCCCCC. The molecule has 0 saturated carbocycles. The van der Waals surface area contributed by atoms with Gasteiger partial charge in [0.15, 0.2) is 0 Å². The Hall–Kier alpha value is -0.470. The summed E-state index contributed by atoms with van der Waals surface area (Å²) in [5, 5.41) is 0. The van der Waals surface area contributed by atoms with E-state index in [0.717, 1.165) is 12.8 Å². The average molecular weight is 407 g/mol. The number of esters is 1. The second-order valence-electron chi connectivity index (χ2n) is 6.69. The molecule has 0 spiro atoms. The summed E-state index contributed by atoms with van der Waals surface area (Å²) in [6.45, 7) is 8.74. The van der Waals surface area contributed by atoms with Gasteiger partial charge in [-0.1, -0.05) is 133 Å². The predicted molar refractivity (Wildman–Crippen MR) is 117 cm³/mol. The van der Waals surface area contributed by atoms with Crippen molar-refractivity contribution >= 4 is 29.2 Å². The van der Waals surface area contributed by atoms with Crippen LogP contribution in [0.2, 0.25) is 0 Å². The van der Waals surface area contributed by atoms with E-state index < -0.39 is 0 Å². The monoisotopic (exact) mass is 406 g/mol. The van der Waals surface area contributed by atoms with Crippen molar-refractivity contribution in [3.05, 3.63) is 23.9 Å². The van der Waals surface area contributed by atoms with Crippen LogP contribution in [-0.4, -0.2) is 5.97 Å². The molecular weight excluding hydrogens is 367 g/mol. The summed E-state index contributed by atoms with van der Waals surface area (Å²) >= 11 is 9.69. The van der Waals surface area contributed by atoms with Crippen LogP contribution in [0.15, 0.2) is 23.9 Å². The smallest absolute Gasteiger partial charge is 0.310 e. The Balaban J connectivity index is 0. The fourth-order valence-corrected chi connectivity index (χ4v) is 2.79. The molecule has 0 aromatic heterocycles. The fraction of sp³-hybridized carbons (Fsp3) is 0.773. The first-order valence-corrected chi connectivity index (χ1v) is 11.1. The van der Waals surface area contributed by atoms with E-state index in [-0.39, 0.29) is 10.5 Å². The van der Waals surface area contributed by atoms with Crippen LogP contribution in [0.4, 0.5) is 0 Å². The van der Waals surface area contributed by atoms with Crippen LogP contribution in [0, 0.1) is 0 Å². The van der Waals surface area contributed by atoms with E-state index in [1.54, 1.807) is 0 Å². The van der Waals surface area contributed by atoms with E-state index in [1.807, 2.05) is 0 Å². The summed E-state index contributed by atoms with van der Waals surface area (Å²) in [6, 6.07) is 0. The van der Waals surface area contributed by atoms with Crippen LogP contribution < -0.4 is 0 Å². The molecule has 0 aromatic rings. The standard InChI is InChI=1S/C20H38O2.C2H2Cl2/c1-3-5-6-7-8-9-10-11-12-13-14-15-16-17-18-19-20(21)22-4-2;1-2(3)4/h4H,2-3,5-19H2,1H3;1H2. The summed E-state index contributed by atoms with van der Waals surface area (Å²) < 4.78 is 4.80. The van der Waals surface area contributed by atoms with E-state index in [0.29, 0.717) is 6.42 Å². The predicted octanol–water partition coefficient (Wildman–Crippen LogP) is 8.87. The molecule has 0 atom stereocenters. The molecule has 4 heteroatoms. The molecule has 2 nitrogen and oxygen atoms in total. The van der Waals surface area contributed by atoms with Gasteiger partial charge in [0.1, 0.15) is 0 Å². The van der Waals surface area contributed by atoms with Gasteiger partial charge in [0.25, 0.3) is 0 Å². The van der Waals surface area contributed by atoms with Crippen molar-refractivity contribution in [3.8, 4) is 0 Å². The normalized spacial score (nSPS) is 9.96. The summed E-state index contributed by atoms with van der Waals surface area (Å²) in [6.07, 6.45) is 21.9. The first-order chi connectivity index (χ1) is 12.5. The van der Waals surface area contributed by atoms with Crippen molar-refractivity contribution in [3.63, 3.8) is 0 Å². The minimum atomic E-state index is -0.148. The van der Waals surface area contributed by atoms with Gasteiger partial charge in [-0.25, -0.2) is 0 Å². The molecule has 0 amide bonds. The van der Waals surface area contributed by atoms with E-state index in [2.05, 4.69) is 24.8 Å². The van der Waals surface area contributed by atoms with Crippen molar-refractivity contribution < 1.29 is 9.53 Å². The molecule has 0 aliphatic heterocycles. The van der Waals surface area contributed by atoms with Crippen molar-refractivity contribution in [1.29, 1.82) is 0 Å². The molecule has 0 N–H and O–H groups in total. The lowest BCUT2D eigenvalue weighted by molar-refractivity contribution is -0.138. The first-order valence-electron chi connectivity index (χ1n) is 10.3. The lowest BCUT2D eigenvalue weighted by Gasteiger charge is -2.03. The lowest BCUT2D eigenvalue weighted by Crippen LogP contribution is -1.98. The molecule has 154 valence electrons. The molecule has 0 heterocycles. The maximum absolute atomic E-state index is 11.1. The first kappa shape index (κ1) is 27.7. The highest BCUT2D eigenvalue weighted by molar-refractivity contribution is 6.55. The number of hydrogen-bond donors (Lipinski definition) is 0. The quantitative estimate of drug-likeness (QED) is 0.137. The maximum atomic E-state index is 11.1. The van der Waals surface area contributed by atoms with Crippen LogP contribution in [0.3, 0.4) is 0 Å². The number of carbonyl (C=O) groups excluding carboxylic acids is 1. The highest BCUT2D eigenvalue weighted by Crippen LogP contribution is 2.13. The number of hydrogen-bond acceptors (Lipinski definition) is 2. The summed E-state index contributed by atoms with van der Waals surface area (Å²) in [5.41, 5.74) is 0. The molecule has 0 rings (SSSR count). The van der Waals surface area contributed by atoms with E-state index in [9.17, 15) is 4.79 Å².